The molecule has 1 atom stereocenters. The molecule has 0 unspecified atom stereocenters. The Morgan fingerprint density at radius 1 is 1.38 bits per heavy atom. The Morgan fingerprint density at radius 3 is 2.50 bits per heavy atom. The summed E-state index contributed by atoms with van der Waals surface area (Å²) < 4.78 is 37.7. The van der Waals surface area contributed by atoms with Gasteiger partial charge in [-0.3, -0.25) is 0 Å². The van der Waals surface area contributed by atoms with E-state index in [9.17, 15) is 13.2 Å². The fraction of sp³-hybridized carbons (Fsp3) is 0.455. The van der Waals surface area contributed by atoms with Gasteiger partial charge in [-0.1, -0.05) is 31.0 Å². The van der Waals surface area contributed by atoms with Crippen molar-refractivity contribution in [2.75, 3.05) is 0 Å². The second-order valence-corrected chi connectivity index (χ2v) is 4.04. The highest BCUT2D eigenvalue weighted by Gasteiger charge is 2.33. The first kappa shape index (κ1) is 13.3. The van der Waals surface area contributed by atoms with Crippen molar-refractivity contribution < 1.29 is 13.2 Å². The molecule has 0 amide bonds. The van der Waals surface area contributed by atoms with Crippen molar-refractivity contribution in [2.24, 2.45) is 5.73 Å². The zero-order chi connectivity index (χ0) is 12.3. The number of rotatable bonds is 3. The fourth-order valence-corrected chi connectivity index (χ4v) is 1.69. The predicted molar refractivity (Wildman–Crippen MR) is 58.3 cm³/mol. The summed E-state index contributed by atoms with van der Waals surface area (Å²) in [4.78, 5) is 0. The lowest BCUT2D eigenvalue weighted by atomic mass is 10.0. The topological polar surface area (TPSA) is 26.0 Å². The normalized spacial score (nSPS) is 13.9. The van der Waals surface area contributed by atoms with Gasteiger partial charge in [0.25, 0.3) is 0 Å². The van der Waals surface area contributed by atoms with Crippen LogP contribution in [-0.4, -0.2) is 0 Å². The average molecular weight is 252 g/mol. The number of halogens is 4. The third kappa shape index (κ3) is 3.12. The Morgan fingerprint density at radius 2 is 2.00 bits per heavy atom. The average Bonchev–Trinajstić information content (AvgIpc) is 2.16. The monoisotopic (exact) mass is 251 g/mol. The van der Waals surface area contributed by atoms with Crippen LogP contribution in [0.4, 0.5) is 13.2 Å². The van der Waals surface area contributed by atoms with Crippen molar-refractivity contribution in [3.63, 3.8) is 0 Å². The molecule has 5 heteroatoms. The Hall–Kier alpha value is -0.740. The fourth-order valence-electron chi connectivity index (χ4n) is 1.47. The molecule has 0 aliphatic rings. The molecule has 0 bridgehead atoms. The summed E-state index contributed by atoms with van der Waals surface area (Å²) in [5, 5.41) is -0.292. The highest BCUT2D eigenvalue weighted by atomic mass is 35.5. The van der Waals surface area contributed by atoms with Gasteiger partial charge in [0.15, 0.2) is 0 Å². The summed E-state index contributed by atoms with van der Waals surface area (Å²) in [6.45, 7) is 1.93. The van der Waals surface area contributed by atoms with E-state index < -0.39 is 11.7 Å². The second kappa shape index (κ2) is 5.06. The molecule has 1 aromatic carbocycles. The molecule has 1 rings (SSSR count). The summed E-state index contributed by atoms with van der Waals surface area (Å²) in [7, 11) is 0. The summed E-state index contributed by atoms with van der Waals surface area (Å²) in [6, 6.07) is 3.44. The highest BCUT2D eigenvalue weighted by molar-refractivity contribution is 6.31. The molecule has 0 saturated carbocycles. The van der Waals surface area contributed by atoms with Crippen molar-refractivity contribution in [1.82, 2.24) is 0 Å². The van der Waals surface area contributed by atoms with Gasteiger partial charge in [-0.25, -0.2) is 0 Å². The quantitative estimate of drug-likeness (QED) is 0.858. The van der Waals surface area contributed by atoms with E-state index in [2.05, 4.69) is 0 Å². The van der Waals surface area contributed by atoms with Gasteiger partial charge in [0.05, 0.1) is 10.6 Å². The molecule has 0 aromatic heterocycles. The van der Waals surface area contributed by atoms with Crippen molar-refractivity contribution >= 4 is 11.6 Å². The van der Waals surface area contributed by atoms with E-state index in [1.54, 1.807) is 0 Å². The smallest absolute Gasteiger partial charge is 0.324 e. The number of nitrogens with two attached hydrogens (primary N) is 1. The van der Waals surface area contributed by atoms with Crippen LogP contribution in [0.3, 0.4) is 0 Å². The van der Waals surface area contributed by atoms with E-state index in [4.69, 9.17) is 17.3 Å². The molecule has 0 aliphatic heterocycles. The van der Waals surface area contributed by atoms with Crippen LogP contribution in [0, 0.1) is 0 Å². The van der Waals surface area contributed by atoms with Crippen LogP contribution < -0.4 is 5.73 Å². The maximum absolute atomic E-state index is 12.6. The predicted octanol–water partition coefficient (Wildman–Crippen LogP) is 4.16. The maximum atomic E-state index is 12.6. The summed E-state index contributed by atoms with van der Waals surface area (Å²) in [5.41, 5.74) is 5.41. The van der Waals surface area contributed by atoms with Gasteiger partial charge < -0.3 is 5.73 Å². The van der Waals surface area contributed by atoms with Crippen LogP contribution >= 0.6 is 11.6 Å². The number of alkyl halides is 3. The first-order chi connectivity index (χ1) is 7.36. The minimum atomic E-state index is -4.43. The lowest BCUT2D eigenvalue weighted by Crippen LogP contribution is -2.12. The van der Waals surface area contributed by atoms with Crippen LogP contribution in [0.5, 0.6) is 0 Å². The molecular formula is C11H13ClF3N. The number of benzene rings is 1. The van der Waals surface area contributed by atoms with E-state index in [0.29, 0.717) is 12.0 Å². The van der Waals surface area contributed by atoms with Gasteiger partial charge in [-0.05, 0) is 24.1 Å². The molecule has 16 heavy (non-hydrogen) atoms. The minimum Gasteiger partial charge on any atom is -0.324 e. The van der Waals surface area contributed by atoms with E-state index in [1.807, 2.05) is 6.92 Å². The van der Waals surface area contributed by atoms with E-state index in [1.165, 1.54) is 12.1 Å². The highest BCUT2D eigenvalue weighted by Crippen LogP contribution is 2.36. The number of hydrogen-bond donors (Lipinski definition) is 1. The molecule has 90 valence electrons. The van der Waals surface area contributed by atoms with Crippen molar-refractivity contribution in [3.05, 3.63) is 34.3 Å². The van der Waals surface area contributed by atoms with E-state index in [0.717, 1.165) is 12.5 Å². The van der Waals surface area contributed by atoms with Gasteiger partial charge in [-0.15, -0.1) is 0 Å². The number of hydrogen-bond acceptors (Lipinski definition) is 1. The lowest BCUT2D eigenvalue weighted by molar-refractivity contribution is -0.137. The molecule has 2 N–H and O–H groups in total. The van der Waals surface area contributed by atoms with Crippen LogP contribution in [-0.2, 0) is 6.18 Å². The largest absolute Gasteiger partial charge is 0.417 e. The Kier molecular flexibility index (Phi) is 4.21. The van der Waals surface area contributed by atoms with Gasteiger partial charge in [0, 0.05) is 6.04 Å². The molecule has 0 heterocycles. The van der Waals surface area contributed by atoms with Crippen LogP contribution in [0.15, 0.2) is 18.2 Å². The van der Waals surface area contributed by atoms with Crippen LogP contribution in [0.2, 0.25) is 5.02 Å². The van der Waals surface area contributed by atoms with Gasteiger partial charge in [0.2, 0.25) is 0 Å². The molecule has 0 aliphatic carbocycles. The molecule has 0 fully saturated rings. The third-order valence-corrected chi connectivity index (χ3v) is 2.65. The zero-order valence-electron chi connectivity index (χ0n) is 8.81. The molecular weight excluding hydrogens is 239 g/mol. The van der Waals surface area contributed by atoms with Crippen molar-refractivity contribution in [3.8, 4) is 0 Å². The first-order valence-electron chi connectivity index (χ1n) is 4.98. The standard InChI is InChI=1S/C11H13ClF3N/c1-2-3-10(16)7-4-5-9(12)8(6-7)11(13,14)15/h4-6,10H,2-3,16H2,1H3/t10-/m0/s1. The SMILES string of the molecule is CCC[C@H](N)c1ccc(Cl)c(C(F)(F)F)c1. The Bertz CT molecular complexity index is 363. The van der Waals surface area contributed by atoms with Crippen LogP contribution in [0.1, 0.15) is 36.9 Å². The van der Waals surface area contributed by atoms with Crippen molar-refractivity contribution in [1.29, 1.82) is 0 Å². The summed E-state index contributed by atoms with van der Waals surface area (Å²) in [5.74, 6) is 0. The van der Waals surface area contributed by atoms with E-state index in [-0.39, 0.29) is 11.1 Å². The molecule has 0 saturated heterocycles. The Balaban J connectivity index is 3.07. The van der Waals surface area contributed by atoms with E-state index >= 15 is 0 Å². The first-order valence-corrected chi connectivity index (χ1v) is 5.36. The van der Waals surface area contributed by atoms with Gasteiger partial charge >= 0.3 is 6.18 Å². The zero-order valence-corrected chi connectivity index (χ0v) is 9.57. The summed E-state index contributed by atoms with van der Waals surface area (Å²) in [6.07, 6.45) is -2.96. The summed E-state index contributed by atoms with van der Waals surface area (Å²) >= 11 is 5.50. The van der Waals surface area contributed by atoms with Crippen LogP contribution in [0.25, 0.3) is 0 Å². The molecule has 1 aromatic rings. The molecule has 1 nitrogen and oxygen atoms in total. The maximum Gasteiger partial charge on any atom is 0.417 e. The molecule has 0 spiro atoms. The third-order valence-electron chi connectivity index (χ3n) is 2.32. The van der Waals surface area contributed by atoms with Crippen molar-refractivity contribution in [2.45, 2.75) is 32.0 Å². The van der Waals surface area contributed by atoms with Gasteiger partial charge in [0.1, 0.15) is 0 Å². The lowest BCUT2D eigenvalue weighted by Gasteiger charge is -2.15. The molecule has 0 radical (unpaired) electrons. The minimum absolute atomic E-state index is 0.292. The second-order valence-electron chi connectivity index (χ2n) is 3.63. The van der Waals surface area contributed by atoms with Gasteiger partial charge in [-0.2, -0.15) is 13.2 Å². The Labute approximate surface area is 97.4 Å².